The monoisotopic (exact) mass is 372 g/mol. The van der Waals surface area contributed by atoms with Gasteiger partial charge in [0.25, 0.3) is 0 Å². The summed E-state index contributed by atoms with van der Waals surface area (Å²) in [6.07, 6.45) is 5.08. The molecule has 1 aromatic carbocycles. The molecular formula is C13H17BrN4O2S. The first kappa shape index (κ1) is 16.0. The Labute approximate surface area is 132 Å². The standard InChI is InChI=1S/C13H17BrN4O2S/c1-9(7-18-4-3-16-8-18)17-21(19,20)13-6-11(14)5-12(15)10(13)2/h3-6,8-9,17H,7,15H2,1-2H3. The highest BCUT2D eigenvalue weighted by Gasteiger charge is 2.21. The highest BCUT2D eigenvalue weighted by Crippen LogP contribution is 2.26. The van der Waals surface area contributed by atoms with Crippen molar-refractivity contribution in [3.63, 3.8) is 0 Å². The van der Waals surface area contributed by atoms with Crippen molar-refractivity contribution < 1.29 is 8.42 Å². The van der Waals surface area contributed by atoms with Crippen LogP contribution in [0, 0.1) is 6.92 Å². The number of nitrogens with zero attached hydrogens (tertiary/aromatic N) is 2. The second-order valence-corrected chi connectivity index (χ2v) is 7.50. The van der Waals surface area contributed by atoms with E-state index in [9.17, 15) is 8.42 Å². The van der Waals surface area contributed by atoms with E-state index in [0.717, 1.165) is 0 Å². The number of nitrogens with one attached hydrogen (secondary N) is 1. The topological polar surface area (TPSA) is 90.0 Å². The second-order valence-electron chi connectivity index (χ2n) is 4.90. The maximum Gasteiger partial charge on any atom is 0.241 e. The molecule has 114 valence electrons. The van der Waals surface area contributed by atoms with E-state index in [1.165, 1.54) is 0 Å². The molecule has 0 aliphatic rings. The number of anilines is 1. The van der Waals surface area contributed by atoms with Crippen molar-refractivity contribution in [2.45, 2.75) is 31.3 Å². The van der Waals surface area contributed by atoms with Crippen LogP contribution in [0.1, 0.15) is 12.5 Å². The van der Waals surface area contributed by atoms with Gasteiger partial charge in [-0.2, -0.15) is 0 Å². The number of nitrogen functional groups attached to an aromatic ring is 1. The highest BCUT2D eigenvalue weighted by molar-refractivity contribution is 9.10. The van der Waals surface area contributed by atoms with Crippen LogP contribution in [0.15, 0.2) is 40.2 Å². The van der Waals surface area contributed by atoms with E-state index >= 15 is 0 Å². The van der Waals surface area contributed by atoms with Crippen LogP contribution in [-0.4, -0.2) is 24.0 Å². The average molecular weight is 373 g/mol. The summed E-state index contributed by atoms with van der Waals surface area (Å²) in [5.41, 5.74) is 6.80. The molecule has 0 bridgehead atoms. The number of aromatic nitrogens is 2. The van der Waals surface area contributed by atoms with Gasteiger partial charge < -0.3 is 10.3 Å². The molecule has 21 heavy (non-hydrogen) atoms. The lowest BCUT2D eigenvalue weighted by Crippen LogP contribution is -2.35. The number of sulfonamides is 1. The Morgan fingerprint density at radius 1 is 1.48 bits per heavy atom. The van der Waals surface area contributed by atoms with Crippen molar-refractivity contribution in [2.75, 3.05) is 5.73 Å². The molecule has 0 spiro atoms. The summed E-state index contributed by atoms with van der Waals surface area (Å²) in [7, 11) is -3.63. The van der Waals surface area contributed by atoms with Gasteiger partial charge >= 0.3 is 0 Å². The predicted molar refractivity (Wildman–Crippen MR) is 85.3 cm³/mol. The third-order valence-electron chi connectivity index (χ3n) is 3.05. The van der Waals surface area contributed by atoms with Gasteiger partial charge in [0, 0.05) is 35.1 Å². The molecule has 2 rings (SSSR count). The van der Waals surface area contributed by atoms with E-state index in [2.05, 4.69) is 25.6 Å². The smallest absolute Gasteiger partial charge is 0.241 e. The van der Waals surface area contributed by atoms with E-state index < -0.39 is 10.0 Å². The molecule has 0 fully saturated rings. The zero-order valence-corrected chi connectivity index (χ0v) is 14.1. The Hall–Kier alpha value is -1.38. The van der Waals surface area contributed by atoms with Crippen molar-refractivity contribution in [2.24, 2.45) is 0 Å². The van der Waals surface area contributed by atoms with Gasteiger partial charge in [-0.05, 0) is 31.5 Å². The Balaban J connectivity index is 2.22. The van der Waals surface area contributed by atoms with Crippen LogP contribution >= 0.6 is 15.9 Å². The van der Waals surface area contributed by atoms with Crippen LogP contribution in [0.4, 0.5) is 5.69 Å². The summed E-state index contributed by atoms with van der Waals surface area (Å²) in [4.78, 5) is 4.12. The maximum absolute atomic E-state index is 12.5. The van der Waals surface area contributed by atoms with Gasteiger partial charge in [0.1, 0.15) is 0 Å². The number of imidazole rings is 1. The minimum absolute atomic E-state index is 0.187. The zero-order chi connectivity index (χ0) is 15.6. The van der Waals surface area contributed by atoms with Gasteiger partial charge in [-0.1, -0.05) is 15.9 Å². The summed E-state index contributed by atoms with van der Waals surface area (Å²) < 4.78 is 30.1. The van der Waals surface area contributed by atoms with Gasteiger partial charge in [0.05, 0.1) is 11.2 Å². The lowest BCUT2D eigenvalue weighted by molar-refractivity contribution is 0.520. The molecule has 6 nitrogen and oxygen atoms in total. The Morgan fingerprint density at radius 3 is 2.81 bits per heavy atom. The van der Waals surface area contributed by atoms with E-state index in [4.69, 9.17) is 5.73 Å². The fourth-order valence-electron chi connectivity index (χ4n) is 2.03. The summed E-state index contributed by atoms with van der Waals surface area (Å²) in [5, 5.41) is 0. The molecule has 1 heterocycles. The summed E-state index contributed by atoms with van der Waals surface area (Å²) in [6.45, 7) is 3.99. The third-order valence-corrected chi connectivity index (χ3v) is 5.23. The quantitative estimate of drug-likeness (QED) is 0.784. The van der Waals surface area contributed by atoms with Crippen LogP contribution in [0.5, 0.6) is 0 Å². The number of rotatable bonds is 5. The van der Waals surface area contributed by atoms with Gasteiger partial charge in [0.2, 0.25) is 10.0 Å². The van der Waals surface area contributed by atoms with Crippen LogP contribution in [0.3, 0.4) is 0 Å². The Bertz CT molecular complexity index is 729. The number of hydrogen-bond donors (Lipinski definition) is 2. The zero-order valence-electron chi connectivity index (χ0n) is 11.7. The fourth-order valence-corrected chi connectivity index (χ4v) is 4.19. The fraction of sp³-hybridized carbons (Fsp3) is 0.308. The van der Waals surface area contributed by atoms with Gasteiger partial charge in [-0.3, -0.25) is 0 Å². The molecule has 1 unspecified atom stereocenters. The lowest BCUT2D eigenvalue weighted by atomic mass is 10.2. The molecule has 0 aliphatic carbocycles. The van der Waals surface area contributed by atoms with Gasteiger partial charge in [-0.15, -0.1) is 0 Å². The normalized spacial score (nSPS) is 13.3. The Kier molecular flexibility index (Phi) is 4.70. The van der Waals surface area contributed by atoms with E-state index in [1.807, 2.05) is 4.57 Å². The van der Waals surface area contributed by atoms with Crippen molar-refractivity contribution >= 4 is 31.6 Å². The highest BCUT2D eigenvalue weighted by atomic mass is 79.9. The summed E-state index contributed by atoms with van der Waals surface area (Å²) in [6, 6.07) is 2.96. The predicted octanol–water partition coefficient (Wildman–Crippen LogP) is 1.90. The van der Waals surface area contributed by atoms with Crippen LogP contribution in [0.25, 0.3) is 0 Å². The van der Waals surface area contributed by atoms with Crippen LogP contribution in [-0.2, 0) is 16.6 Å². The molecule has 1 atom stereocenters. The maximum atomic E-state index is 12.5. The van der Waals surface area contributed by atoms with E-state index in [1.54, 1.807) is 44.7 Å². The summed E-state index contributed by atoms with van der Waals surface area (Å²) in [5.74, 6) is 0. The van der Waals surface area contributed by atoms with Crippen molar-refractivity contribution in [3.8, 4) is 0 Å². The van der Waals surface area contributed by atoms with Gasteiger partial charge in [0.15, 0.2) is 0 Å². The molecule has 0 aliphatic heterocycles. The molecule has 0 saturated carbocycles. The molecule has 1 aromatic heterocycles. The van der Waals surface area contributed by atoms with Crippen molar-refractivity contribution in [3.05, 3.63) is 40.9 Å². The largest absolute Gasteiger partial charge is 0.398 e. The van der Waals surface area contributed by atoms with Crippen LogP contribution < -0.4 is 10.5 Å². The van der Waals surface area contributed by atoms with Crippen LogP contribution in [0.2, 0.25) is 0 Å². The van der Waals surface area contributed by atoms with E-state index in [0.29, 0.717) is 22.3 Å². The molecule has 0 radical (unpaired) electrons. The molecule has 3 N–H and O–H groups in total. The molecular weight excluding hydrogens is 356 g/mol. The van der Waals surface area contributed by atoms with Gasteiger partial charge in [-0.25, -0.2) is 18.1 Å². The second kappa shape index (κ2) is 6.17. The molecule has 2 aromatic rings. The lowest BCUT2D eigenvalue weighted by Gasteiger charge is -2.17. The average Bonchev–Trinajstić information content (AvgIpc) is 2.85. The molecule has 0 saturated heterocycles. The summed E-state index contributed by atoms with van der Waals surface area (Å²) >= 11 is 3.27. The molecule has 8 heteroatoms. The van der Waals surface area contributed by atoms with E-state index in [-0.39, 0.29) is 10.9 Å². The van der Waals surface area contributed by atoms with Crippen molar-refractivity contribution in [1.82, 2.24) is 14.3 Å². The first-order chi connectivity index (χ1) is 9.79. The minimum atomic E-state index is -3.63. The number of nitrogens with two attached hydrogens (primary N) is 1. The third kappa shape index (κ3) is 3.84. The number of benzene rings is 1. The molecule has 0 amide bonds. The minimum Gasteiger partial charge on any atom is -0.398 e. The first-order valence-corrected chi connectivity index (χ1v) is 8.61. The number of hydrogen-bond acceptors (Lipinski definition) is 4. The Morgan fingerprint density at radius 2 is 2.19 bits per heavy atom. The first-order valence-electron chi connectivity index (χ1n) is 6.33. The van der Waals surface area contributed by atoms with Crippen molar-refractivity contribution in [1.29, 1.82) is 0 Å². The SMILES string of the molecule is Cc1c(N)cc(Br)cc1S(=O)(=O)NC(C)Cn1ccnc1. The number of halogens is 1.